The molecule has 1 aromatic rings. The third-order valence-electron chi connectivity index (χ3n) is 1.84. The molecule has 66 valence electrons. The average Bonchev–Trinajstić information content (AvgIpc) is 2.17. The lowest BCUT2D eigenvalue weighted by molar-refractivity contribution is -0.108. The van der Waals surface area contributed by atoms with E-state index in [2.05, 4.69) is 0 Å². The maximum absolute atomic E-state index is 12.8. The molecule has 0 aliphatic heterocycles. The number of nitrogens with zero attached hydrogens (tertiary/aromatic N) is 1. The first kappa shape index (κ1) is 9.40. The van der Waals surface area contributed by atoms with Crippen LogP contribution in [0.1, 0.15) is 24.0 Å². The van der Waals surface area contributed by atoms with Gasteiger partial charge in [-0.25, -0.2) is 4.39 Å². The van der Waals surface area contributed by atoms with Gasteiger partial charge in [0.2, 0.25) is 0 Å². The molecule has 1 atom stereocenters. The highest BCUT2D eigenvalue weighted by molar-refractivity contribution is 5.61. The smallest absolute Gasteiger partial charge is 0.140 e. The number of carbonyl (C=O) groups is 1. The fraction of sp³-hybridized carbons (Fsp3) is 0.200. The summed E-state index contributed by atoms with van der Waals surface area (Å²) in [7, 11) is 0. The molecule has 1 aromatic carbocycles. The van der Waals surface area contributed by atoms with Gasteiger partial charge in [-0.05, 0) is 17.7 Å². The van der Waals surface area contributed by atoms with Gasteiger partial charge in [0.1, 0.15) is 18.2 Å². The van der Waals surface area contributed by atoms with Gasteiger partial charge in [0.15, 0.2) is 0 Å². The standard InChI is InChI=1S/C10H8FNO/c1-7(6-13)8-2-3-10(11)9(4-8)5-12/h2-4,6-7H,1H3/t7-/m0/s1. The number of hydrogen-bond donors (Lipinski definition) is 0. The SMILES string of the molecule is C[C@@H](C=O)c1ccc(F)c(C#N)c1. The molecule has 0 radical (unpaired) electrons. The molecule has 0 heterocycles. The summed E-state index contributed by atoms with van der Waals surface area (Å²) in [4.78, 5) is 10.4. The van der Waals surface area contributed by atoms with E-state index in [1.165, 1.54) is 18.2 Å². The molecule has 0 saturated carbocycles. The summed E-state index contributed by atoms with van der Waals surface area (Å²) in [5, 5.41) is 8.52. The molecule has 0 saturated heterocycles. The van der Waals surface area contributed by atoms with Crippen LogP contribution in [0.4, 0.5) is 4.39 Å². The summed E-state index contributed by atoms with van der Waals surface area (Å²) in [6.45, 7) is 1.70. The van der Waals surface area contributed by atoms with Crippen LogP contribution >= 0.6 is 0 Å². The van der Waals surface area contributed by atoms with E-state index in [9.17, 15) is 9.18 Å². The van der Waals surface area contributed by atoms with Crippen LogP contribution in [-0.2, 0) is 4.79 Å². The molecule has 0 unspecified atom stereocenters. The maximum Gasteiger partial charge on any atom is 0.140 e. The molecule has 0 amide bonds. The summed E-state index contributed by atoms with van der Waals surface area (Å²) >= 11 is 0. The molecule has 0 aliphatic rings. The topological polar surface area (TPSA) is 40.9 Å². The lowest BCUT2D eigenvalue weighted by Gasteiger charge is -2.03. The number of nitriles is 1. The summed E-state index contributed by atoms with van der Waals surface area (Å²) in [6, 6.07) is 5.83. The van der Waals surface area contributed by atoms with E-state index in [0.29, 0.717) is 5.56 Å². The molecule has 13 heavy (non-hydrogen) atoms. The number of halogens is 1. The monoisotopic (exact) mass is 177 g/mol. The predicted molar refractivity (Wildman–Crippen MR) is 45.6 cm³/mol. The van der Waals surface area contributed by atoms with E-state index < -0.39 is 5.82 Å². The van der Waals surface area contributed by atoms with Crippen LogP contribution < -0.4 is 0 Å². The van der Waals surface area contributed by atoms with Gasteiger partial charge >= 0.3 is 0 Å². The zero-order valence-corrected chi connectivity index (χ0v) is 7.12. The van der Waals surface area contributed by atoms with Crippen molar-refractivity contribution in [1.29, 1.82) is 5.26 Å². The van der Waals surface area contributed by atoms with E-state index in [1.54, 1.807) is 13.0 Å². The molecular formula is C10H8FNO. The molecule has 0 aromatic heterocycles. The van der Waals surface area contributed by atoms with Crippen LogP contribution in [0, 0.1) is 17.1 Å². The number of carbonyl (C=O) groups excluding carboxylic acids is 1. The van der Waals surface area contributed by atoms with E-state index >= 15 is 0 Å². The number of aldehydes is 1. The second-order valence-electron chi connectivity index (χ2n) is 2.78. The maximum atomic E-state index is 12.8. The first-order valence-corrected chi connectivity index (χ1v) is 3.84. The third-order valence-corrected chi connectivity index (χ3v) is 1.84. The zero-order valence-electron chi connectivity index (χ0n) is 7.12. The Bertz CT molecular complexity index is 368. The Morgan fingerprint density at radius 1 is 1.62 bits per heavy atom. The van der Waals surface area contributed by atoms with Crippen LogP contribution in [-0.4, -0.2) is 6.29 Å². The molecule has 0 spiro atoms. The Labute approximate surface area is 75.6 Å². The minimum Gasteiger partial charge on any atom is -0.303 e. The molecular weight excluding hydrogens is 169 g/mol. The average molecular weight is 177 g/mol. The van der Waals surface area contributed by atoms with Gasteiger partial charge < -0.3 is 4.79 Å². The van der Waals surface area contributed by atoms with Crippen LogP contribution in [0.25, 0.3) is 0 Å². The van der Waals surface area contributed by atoms with Gasteiger partial charge in [0.05, 0.1) is 5.56 Å². The van der Waals surface area contributed by atoms with Crippen LogP contribution in [0.3, 0.4) is 0 Å². The Morgan fingerprint density at radius 3 is 2.85 bits per heavy atom. The minimum absolute atomic E-state index is 0.0220. The van der Waals surface area contributed by atoms with Crippen molar-refractivity contribution in [2.45, 2.75) is 12.8 Å². The predicted octanol–water partition coefficient (Wildman–Crippen LogP) is 2.00. The van der Waals surface area contributed by atoms with Crippen LogP contribution in [0.2, 0.25) is 0 Å². The minimum atomic E-state index is -0.552. The van der Waals surface area contributed by atoms with Gasteiger partial charge in [-0.2, -0.15) is 5.26 Å². The van der Waals surface area contributed by atoms with Gasteiger partial charge in [-0.15, -0.1) is 0 Å². The Kier molecular flexibility index (Phi) is 2.76. The largest absolute Gasteiger partial charge is 0.303 e. The summed E-state index contributed by atoms with van der Waals surface area (Å²) < 4.78 is 12.8. The molecule has 3 heteroatoms. The number of hydrogen-bond acceptors (Lipinski definition) is 2. The first-order chi connectivity index (χ1) is 6.19. The number of benzene rings is 1. The van der Waals surface area contributed by atoms with E-state index in [4.69, 9.17) is 5.26 Å². The highest BCUT2D eigenvalue weighted by Crippen LogP contribution is 2.16. The molecule has 0 N–H and O–H groups in total. The quantitative estimate of drug-likeness (QED) is 0.648. The lowest BCUT2D eigenvalue weighted by atomic mass is 10.0. The second kappa shape index (κ2) is 3.81. The molecule has 0 bridgehead atoms. The summed E-state index contributed by atoms with van der Waals surface area (Å²) in [5.41, 5.74) is 0.638. The normalized spacial score (nSPS) is 11.8. The van der Waals surface area contributed by atoms with E-state index in [-0.39, 0.29) is 11.5 Å². The van der Waals surface area contributed by atoms with Crippen molar-refractivity contribution in [2.24, 2.45) is 0 Å². The fourth-order valence-electron chi connectivity index (χ4n) is 0.990. The molecule has 2 nitrogen and oxygen atoms in total. The summed E-state index contributed by atoms with van der Waals surface area (Å²) in [6.07, 6.45) is 0.758. The van der Waals surface area contributed by atoms with Gasteiger partial charge in [0.25, 0.3) is 0 Å². The Balaban J connectivity index is 3.15. The van der Waals surface area contributed by atoms with Crippen molar-refractivity contribution in [3.63, 3.8) is 0 Å². The van der Waals surface area contributed by atoms with Crippen molar-refractivity contribution >= 4 is 6.29 Å². The first-order valence-electron chi connectivity index (χ1n) is 3.84. The third kappa shape index (κ3) is 1.91. The van der Waals surface area contributed by atoms with Crippen LogP contribution in [0.15, 0.2) is 18.2 Å². The van der Waals surface area contributed by atoms with Gasteiger partial charge in [-0.3, -0.25) is 0 Å². The van der Waals surface area contributed by atoms with Crippen LogP contribution in [0.5, 0.6) is 0 Å². The fourth-order valence-corrected chi connectivity index (χ4v) is 0.990. The molecule has 0 aliphatic carbocycles. The van der Waals surface area contributed by atoms with E-state index in [0.717, 1.165) is 6.29 Å². The Morgan fingerprint density at radius 2 is 2.31 bits per heavy atom. The molecule has 1 rings (SSSR count). The van der Waals surface area contributed by atoms with Gasteiger partial charge in [-0.1, -0.05) is 13.0 Å². The van der Waals surface area contributed by atoms with Crippen molar-refractivity contribution in [3.8, 4) is 6.07 Å². The highest BCUT2D eigenvalue weighted by atomic mass is 19.1. The van der Waals surface area contributed by atoms with Crippen molar-refractivity contribution in [2.75, 3.05) is 0 Å². The lowest BCUT2D eigenvalue weighted by Crippen LogP contribution is -1.96. The van der Waals surface area contributed by atoms with E-state index in [1.807, 2.05) is 0 Å². The Hall–Kier alpha value is -1.69. The van der Waals surface area contributed by atoms with Crippen molar-refractivity contribution < 1.29 is 9.18 Å². The number of rotatable bonds is 2. The highest BCUT2D eigenvalue weighted by Gasteiger charge is 2.07. The zero-order chi connectivity index (χ0) is 9.84. The van der Waals surface area contributed by atoms with Gasteiger partial charge in [0, 0.05) is 5.92 Å². The van der Waals surface area contributed by atoms with Crippen molar-refractivity contribution in [3.05, 3.63) is 35.1 Å². The molecule has 0 fully saturated rings. The second-order valence-corrected chi connectivity index (χ2v) is 2.78. The summed E-state index contributed by atoms with van der Waals surface area (Å²) in [5.74, 6) is -0.850. The van der Waals surface area contributed by atoms with Crippen molar-refractivity contribution in [1.82, 2.24) is 0 Å².